The van der Waals surface area contributed by atoms with Crippen LogP contribution >= 0.6 is 91.2 Å². The number of benzene rings is 2. The molecule has 0 aromatic heterocycles. The second-order valence-corrected chi connectivity index (χ2v) is 11.4. The van der Waals surface area contributed by atoms with E-state index < -0.39 is 7.59 Å². The standard InChI is InChI=1S/C14H10Cl6N2S2/c15-13(16,17)7-1-3-11(9(21)5-7)23-24-12-4-2-8(6-10(12)22)14(18,19)20/h1-6H,21-22H2. The van der Waals surface area contributed by atoms with Crippen molar-refractivity contribution in [3.63, 3.8) is 0 Å². The van der Waals surface area contributed by atoms with E-state index in [1.807, 2.05) is 0 Å². The van der Waals surface area contributed by atoms with Crippen LogP contribution in [0.15, 0.2) is 46.2 Å². The van der Waals surface area contributed by atoms with E-state index in [0.29, 0.717) is 22.5 Å². The molecule has 0 aliphatic carbocycles. The summed E-state index contributed by atoms with van der Waals surface area (Å²) in [6.07, 6.45) is 0. The van der Waals surface area contributed by atoms with Gasteiger partial charge in [-0.15, -0.1) is 0 Å². The van der Waals surface area contributed by atoms with Crippen LogP contribution in [0, 0.1) is 0 Å². The Kier molecular flexibility index (Phi) is 6.94. The third kappa shape index (κ3) is 5.49. The monoisotopic (exact) mass is 480 g/mol. The zero-order valence-corrected chi connectivity index (χ0v) is 17.9. The van der Waals surface area contributed by atoms with Gasteiger partial charge in [-0.05, 0) is 24.3 Å². The van der Waals surface area contributed by atoms with E-state index in [1.165, 1.54) is 21.6 Å². The van der Waals surface area contributed by atoms with Crippen LogP contribution in [0.3, 0.4) is 0 Å². The highest BCUT2D eigenvalue weighted by atomic mass is 35.6. The van der Waals surface area contributed by atoms with Gasteiger partial charge in [0.2, 0.25) is 7.59 Å². The molecule has 130 valence electrons. The molecule has 2 aromatic rings. The third-order valence-corrected chi connectivity index (χ3v) is 6.72. The third-order valence-electron chi connectivity index (χ3n) is 2.90. The SMILES string of the molecule is Nc1cc(C(Cl)(Cl)Cl)ccc1SSc1ccc(C(Cl)(Cl)Cl)cc1N. The summed E-state index contributed by atoms with van der Waals surface area (Å²) in [6, 6.07) is 10.3. The summed E-state index contributed by atoms with van der Waals surface area (Å²) >= 11 is 35.1. The molecule has 0 aliphatic heterocycles. The molecule has 0 saturated carbocycles. The Balaban J connectivity index is 2.14. The van der Waals surface area contributed by atoms with Gasteiger partial charge in [-0.3, -0.25) is 0 Å². The van der Waals surface area contributed by atoms with Gasteiger partial charge in [-0.25, -0.2) is 0 Å². The van der Waals surface area contributed by atoms with Gasteiger partial charge in [0.15, 0.2) is 0 Å². The summed E-state index contributed by atoms with van der Waals surface area (Å²) in [5.74, 6) is 0. The molecule has 2 nitrogen and oxygen atoms in total. The van der Waals surface area contributed by atoms with Crippen LogP contribution in [0.2, 0.25) is 0 Å². The van der Waals surface area contributed by atoms with E-state index in [1.54, 1.807) is 36.4 Å². The fraction of sp³-hybridized carbons (Fsp3) is 0.143. The molecule has 0 saturated heterocycles. The Morgan fingerprint density at radius 2 is 0.958 bits per heavy atom. The molecule has 0 radical (unpaired) electrons. The first-order valence-corrected chi connectivity index (χ1v) is 10.7. The van der Waals surface area contributed by atoms with Crippen LogP contribution in [0.25, 0.3) is 0 Å². The molecule has 0 aliphatic rings. The van der Waals surface area contributed by atoms with Crippen molar-refractivity contribution in [3.05, 3.63) is 47.5 Å². The zero-order valence-electron chi connectivity index (χ0n) is 11.7. The average Bonchev–Trinajstić information content (AvgIpc) is 2.45. The van der Waals surface area contributed by atoms with Crippen molar-refractivity contribution in [2.24, 2.45) is 0 Å². The van der Waals surface area contributed by atoms with Crippen LogP contribution in [0.4, 0.5) is 11.4 Å². The van der Waals surface area contributed by atoms with E-state index in [9.17, 15) is 0 Å². The summed E-state index contributed by atoms with van der Waals surface area (Å²) < 4.78 is -3.02. The van der Waals surface area contributed by atoms with Gasteiger partial charge in [0, 0.05) is 32.3 Å². The van der Waals surface area contributed by atoms with Crippen molar-refractivity contribution in [2.75, 3.05) is 11.5 Å². The quantitative estimate of drug-likeness (QED) is 0.273. The van der Waals surface area contributed by atoms with Gasteiger partial charge < -0.3 is 11.5 Å². The molecule has 0 atom stereocenters. The van der Waals surface area contributed by atoms with E-state index >= 15 is 0 Å². The van der Waals surface area contributed by atoms with Crippen molar-refractivity contribution in [3.8, 4) is 0 Å². The highest BCUT2D eigenvalue weighted by Crippen LogP contribution is 2.46. The maximum Gasteiger partial charge on any atom is 0.216 e. The lowest BCUT2D eigenvalue weighted by Crippen LogP contribution is -2.02. The predicted molar refractivity (Wildman–Crippen MR) is 112 cm³/mol. The largest absolute Gasteiger partial charge is 0.398 e. The molecule has 0 unspecified atom stereocenters. The highest BCUT2D eigenvalue weighted by Gasteiger charge is 2.24. The maximum absolute atomic E-state index is 6.01. The molecule has 4 N–H and O–H groups in total. The molecule has 24 heavy (non-hydrogen) atoms. The van der Waals surface area contributed by atoms with Crippen LogP contribution in [0.5, 0.6) is 0 Å². The van der Waals surface area contributed by atoms with Gasteiger partial charge in [-0.2, -0.15) is 0 Å². The van der Waals surface area contributed by atoms with E-state index in [4.69, 9.17) is 81.1 Å². The number of hydrogen-bond donors (Lipinski definition) is 2. The number of hydrogen-bond acceptors (Lipinski definition) is 4. The molecule has 0 bridgehead atoms. The highest BCUT2D eigenvalue weighted by molar-refractivity contribution is 8.76. The molecule has 0 spiro atoms. The van der Waals surface area contributed by atoms with Crippen LogP contribution in [-0.4, -0.2) is 0 Å². The lowest BCUT2D eigenvalue weighted by atomic mass is 10.2. The van der Waals surface area contributed by atoms with Gasteiger partial charge in [0.25, 0.3) is 0 Å². The molecular weight excluding hydrogens is 473 g/mol. The average molecular weight is 483 g/mol. The maximum atomic E-state index is 6.01. The molecule has 0 amide bonds. The minimum atomic E-state index is -1.51. The first kappa shape index (κ1) is 20.8. The van der Waals surface area contributed by atoms with E-state index in [0.717, 1.165) is 9.79 Å². The molecule has 2 aromatic carbocycles. The Bertz CT molecular complexity index is 680. The molecule has 2 rings (SSSR count). The minimum Gasteiger partial charge on any atom is -0.398 e. The topological polar surface area (TPSA) is 52.0 Å². The number of alkyl halides is 6. The van der Waals surface area contributed by atoms with Gasteiger partial charge in [0.05, 0.1) is 0 Å². The van der Waals surface area contributed by atoms with Crippen molar-refractivity contribution in [1.29, 1.82) is 0 Å². The Hall–Kier alpha value is 0.480. The summed E-state index contributed by atoms with van der Waals surface area (Å²) in [5, 5.41) is 0. The Morgan fingerprint density at radius 3 is 1.21 bits per heavy atom. The fourth-order valence-electron chi connectivity index (χ4n) is 1.69. The molecule has 10 heteroatoms. The first-order chi connectivity index (χ1) is 11.0. The van der Waals surface area contributed by atoms with Gasteiger partial charge >= 0.3 is 0 Å². The predicted octanol–water partition coefficient (Wildman–Crippen LogP) is 7.30. The summed E-state index contributed by atoms with van der Waals surface area (Å²) in [5.41, 5.74) is 14.0. The van der Waals surface area contributed by atoms with E-state index in [-0.39, 0.29) is 0 Å². The van der Waals surface area contributed by atoms with Crippen LogP contribution < -0.4 is 11.5 Å². The number of nitrogen functional groups attached to an aromatic ring is 2. The molecule has 0 heterocycles. The van der Waals surface area contributed by atoms with Crippen molar-refractivity contribution in [1.82, 2.24) is 0 Å². The van der Waals surface area contributed by atoms with Crippen molar-refractivity contribution in [2.45, 2.75) is 17.4 Å². The Morgan fingerprint density at radius 1 is 0.625 bits per heavy atom. The van der Waals surface area contributed by atoms with Crippen LogP contribution in [-0.2, 0) is 7.59 Å². The lowest BCUT2D eigenvalue weighted by molar-refractivity contribution is 1.22. The second kappa shape index (κ2) is 8.01. The van der Waals surface area contributed by atoms with E-state index in [2.05, 4.69) is 0 Å². The Labute approximate surface area is 177 Å². The molecular formula is C14H10Cl6N2S2. The summed E-state index contributed by atoms with van der Waals surface area (Å²) in [7, 11) is 2.86. The number of rotatable bonds is 3. The fourth-order valence-corrected chi connectivity index (χ4v) is 4.58. The smallest absolute Gasteiger partial charge is 0.216 e. The van der Waals surface area contributed by atoms with Gasteiger partial charge in [-0.1, -0.05) is 103 Å². The zero-order chi connectivity index (χ0) is 18.1. The molecule has 0 fully saturated rings. The first-order valence-electron chi connectivity index (χ1n) is 6.26. The van der Waals surface area contributed by atoms with Gasteiger partial charge in [0.1, 0.15) is 0 Å². The second-order valence-electron chi connectivity index (χ2n) is 4.67. The number of halogens is 6. The lowest BCUT2D eigenvalue weighted by Gasteiger charge is -2.15. The minimum absolute atomic E-state index is 0.505. The summed E-state index contributed by atoms with van der Waals surface area (Å²) in [4.78, 5) is 1.64. The number of anilines is 2. The summed E-state index contributed by atoms with van der Waals surface area (Å²) in [6.45, 7) is 0. The normalized spacial score (nSPS) is 12.4. The van der Waals surface area contributed by atoms with Crippen molar-refractivity contribution < 1.29 is 0 Å². The van der Waals surface area contributed by atoms with Crippen LogP contribution in [0.1, 0.15) is 11.1 Å². The number of nitrogens with two attached hydrogens (primary N) is 2. The van der Waals surface area contributed by atoms with Crippen molar-refractivity contribution >= 4 is 103 Å².